The van der Waals surface area contributed by atoms with E-state index in [2.05, 4.69) is 22.3 Å². The normalized spacial score (nSPS) is 11.9. The van der Waals surface area contributed by atoms with Crippen LogP contribution in [0, 0.1) is 0 Å². The zero-order valence-corrected chi connectivity index (χ0v) is 16.9. The van der Waals surface area contributed by atoms with E-state index in [4.69, 9.17) is 10.5 Å². The molecule has 28 heavy (non-hydrogen) atoms. The first kappa shape index (κ1) is 19.9. The van der Waals surface area contributed by atoms with Gasteiger partial charge in [0.25, 0.3) is 0 Å². The van der Waals surface area contributed by atoms with Gasteiger partial charge >= 0.3 is 0 Å². The average molecular weight is 397 g/mol. The van der Waals surface area contributed by atoms with Gasteiger partial charge in [0.05, 0.1) is 11.9 Å². The minimum atomic E-state index is -0.352. The number of primary amides is 1. The maximum atomic E-state index is 11.7. The van der Waals surface area contributed by atoms with Crippen LogP contribution < -0.4 is 10.5 Å². The molecule has 0 fully saturated rings. The Hall–Kier alpha value is -2.80. The summed E-state index contributed by atoms with van der Waals surface area (Å²) in [5.41, 5.74) is 7.59. The maximum Gasteiger partial charge on any atom is 0.231 e. The van der Waals surface area contributed by atoms with E-state index in [0.717, 1.165) is 22.8 Å². The van der Waals surface area contributed by atoms with Crippen molar-refractivity contribution in [3.05, 3.63) is 66.0 Å². The summed E-state index contributed by atoms with van der Waals surface area (Å²) in [6.45, 7) is 4.50. The number of benzene rings is 2. The molecule has 0 saturated carbocycles. The van der Waals surface area contributed by atoms with E-state index in [-0.39, 0.29) is 11.2 Å². The van der Waals surface area contributed by atoms with E-state index in [1.165, 1.54) is 11.8 Å². The first-order chi connectivity index (χ1) is 13.6. The highest BCUT2D eigenvalue weighted by Gasteiger charge is 2.21. The Labute approximate surface area is 169 Å². The largest absolute Gasteiger partial charge is 0.494 e. The number of nitrogens with zero attached hydrogens (tertiary/aromatic N) is 3. The molecule has 0 saturated heterocycles. The fourth-order valence-electron chi connectivity index (χ4n) is 2.86. The van der Waals surface area contributed by atoms with Crippen LogP contribution in [0.25, 0.3) is 5.69 Å². The Morgan fingerprint density at radius 3 is 2.43 bits per heavy atom. The van der Waals surface area contributed by atoms with Crippen molar-refractivity contribution in [3.8, 4) is 11.4 Å². The molecule has 3 rings (SSSR count). The Balaban J connectivity index is 1.99. The lowest BCUT2D eigenvalue weighted by molar-refractivity contribution is -0.117. The summed E-state index contributed by atoms with van der Waals surface area (Å²) in [4.78, 5) is 11.7. The highest BCUT2D eigenvalue weighted by atomic mass is 32.2. The highest BCUT2D eigenvalue weighted by molar-refractivity contribution is 8.00. The molecule has 1 atom stereocenters. The van der Waals surface area contributed by atoms with Crippen molar-refractivity contribution in [1.29, 1.82) is 0 Å². The summed E-state index contributed by atoms with van der Waals surface area (Å²) in [6.07, 6.45) is 1.26. The van der Waals surface area contributed by atoms with Gasteiger partial charge in [0.2, 0.25) is 5.91 Å². The minimum Gasteiger partial charge on any atom is -0.494 e. The Morgan fingerprint density at radius 1 is 1.11 bits per heavy atom. The van der Waals surface area contributed by atoms with Crippen molar-refractivity contribution in [1.82, 2.24) is 14.8 Å². The minimum absolute atomic E-state index is 0.349. The molecular formula is C21H24N4O2S. The number of thioether (sulfide) groups is 1. The number of hydrogen-bond donors (Lipinski definition) is 1. The van der Waals surface area contributed by atoms with Crippen LogP contribution in [0.4, 0.5) is 0 Å². The molecule has 0 spiro atoms. The van der Waals surface area contributed by atoms with E-state index >= 15 is 0 Å². The SMILES string of the molecule is CCOc1ccc(-n2c(Cc3ccccc3)nnc2SC(CC)C(N)=O)cc1. The summed E-state index contributed by atoms with van der Waals surface area (Å²) >= 11 is 1.35. The number of aromatic nitrogens is 3. The van der Waals surface area contributed by atoms with Gasteiger partial charge in [-0.15, -0.1) is 10.2 Å². The molecule has 2 aromatic carbocycles. The monoisotopic (exact) mass is 396 g/mol. The molecule has 2 N–H and O–H groups in total. The topological polar surface area (TPSA) is 83.0 Å². The molecule has 0 bridgehead atoms. The van der Waals surface area contributed by atoms with Gasteiger partial charge < -0.3 is 10.5 Å². The molecule has 1 heterocycles. The van der Waals surface area contributed by atoms with Crippen molar-refractivity contribution in [2.75, 3.05) is 6.61 Å². The third-order valence-electron chi connectivity index (χ3n) is 4.25. The zero-order valence-electron chi connectivity index (χ0n) is 16.0. The molecule has 146 valence electrons. The van der Waals surface area contributed by atoms with Gasteiger partial charge in [-0.3, -0.25) is 9.36 Å². The number of rotatable bonds is 9. The van der Waals surface area contributed by atoms with Crippen molar-refractivity contribution in [3.63, 3.8) is 0 Å². The second-order valence-electron chi connectivity index (χ2n) is 6.24. The lowest BCUT2D eigenvalue weighted by atomic mass is 10.1. The van der Waals surface area contributed by atoms with Crippen molar-refractivity contribution in [2.45, 2.75) is 37.1 Å². The van der Waals surface area contributed by atoms with Gasteiger partial charge in [-0.25, -0.2) is 0 Å². The van der Waals surface area contributed by atoms with Gasteiger partial charge in [-0.2, -0.15) is 0 Å². The highest BCUT2D eigenvalue weighted by Crippen LogP contribution is 2.29. The molecular weight excluding hydrogens is 372 g/mol. The average Bonchev–Trinajstić information content (AvgIpc) is 3.09. The lowest BCUT2D eigenvalue weighted by Gasteiger charge is -2.14. The van der Waals surface area contributed by atoms with Crippen LogP contribution >= 0.6 is 11.8 Å². The molecule has 1 unspecified atom stereocenters. The molecule has 0 radical (unpaired) electrons. The summed E-state index contributed by atoms with van der Waals surface area (Å²) in [5.74, 6) is 1.26. The second kappa shape index (κ2) is 9.41. The molecule has 1 aromatic heterocycles. The van der Waals surface area contributed by atoms with E-state index in [1.807, 2.05) is 60.9 Å². The Morgan fingerprint density at radius 2 is 1.82 bits per heavy atom. The number of carbonyl (C=O) groups excluding carboxylic acids is 1. The van der Waals surface area contributed by atoms with Crippen molar-refractivity contribution < 1.29 is 9.53 Å². The smallest absolute Gasteiger partial charge is 0.231 e. The van der Waals surface area contributed by atoms with Gasteiger partial charge in [-0.05, 0) is 43.2 Å². The number of carbonyl (C=O) groups is 1. The van der Waals surface area contributed by atoms with Gasteiger partial charge in [0.1, 0.15) is 11.6 Å². The maximum absolute atomic E-state index is 11.7. The summed E-state index contributed by atoms with van der Waals surface area (Å²) in [6, 6.07) is 17.9. The predicted molar refractivity (Wildman–Crippen MR) is 111 cm³/mol. The van der Waals surface area contributed by atoms with Gasteiger partial charge in [0, 0.05) is 12.1 Å². The predicted octanol–water partition coefficient (Wildman–Crippen LogP) is 3.61. The number of ether oxygens (including phenoxy) is 1. The molecule has 6 nitrogen and oxygen atoms in total. The van der Waals surface area contributed by atoms with E-state index in [9.17, 15) is 4.79 Å². The Bertz CT molecular complexity index is 910. The van der Waals surface area contributed by atoms with Crippen LogP contribution in [-0.4, -0.2) is 32.5 Å². The van der Waals surface area contributed by atoms with Crippen LogP contribution in [0.15, 0.2) is 59.8 Å². The van der Waals surface area contributed by atoms with Crippen LogP contribution in [0.3, 0.4) is 0 Å². The quantitative estimate of drug-likeness (QED) is 0.559. The van der Waals surface area contributed by atoms with Crippen LogP contribution in [-0.2, 0) is 11.2 Å². The van der Waals surface area contributed by atoms with Gasteiger partial charge in [-0.1, -0.05) is 49.0 Å². The van der Waals surface area contributed by atoms with Crippen molar-refractivity contribution in [2.24, 2.45) is 5.73 Å². The number of hydrogen-bond acceptors (Lipinski definition) is 5. The molecule has 3 aromatic rings. The molecule has 0 aliphatic heterocycles. The molecule has 1 amide bonds. The second-order valence-corrected chi connectivity index (χ2v) is 7.41. The number of nitrogens with two attached hydrogens (primary N) is 1. The van der Waals surface area contributed by atoms with Crippen LogP contribution in [0.5, 0.6) is 5.75 Å². The standard InChI is InChI=1S/C21H24N4O2S/c1-3-18(20(22)26)28-21-24-23-19(14-15-8-6-5-7-9-15)25(21)16-10-12-17(13-11-16)27-4-2/h5-13,18H,3-4,14H2,1-2H3,(H2,22,26). The third kappa shape index (κ3) is 4.72. The van der Waals surface area contributed by atoms with Crippen molar-refractivity contribution >= 4 is 17.7 Å². The first-order valence-electron chi connectivity index (χ1n) is 9.29. The van der Waals surface area contributed by atoms with E-state index in [1.54, 1.807) is 0 Å². The molecule has 0 aliphatic rings. The summed E-state index contributed by atoms with van der Waals surface area (Å²) in [7, 11) is 0. The van der Waals surface area contributed by atoms with E-state index in [0.29, 0.717) is 24.6 Å². The number of amides is 1. The Kier molecular flexibility index (Phi) is 6.71. The van der Waals surface area contributed by atoms with Crippen LogP contribution in [0.1, 0.15) is 31.7 Å². The van der Waals surface area contributed by atoms with E-state index < -0.39 is 0 Å². The summed E-state index contributed by atoms with van der Waals surface area (Å²) < 4.78 is 7.53. The lowest BCUT2D eigenvalue weighted by Crippen LogP contribution is -2.25. The zero-order chi connectivity index (χ0) is 19.9. The van der Waals surface area contributed by atoms with Gasteiger partial charge in [0.15, 0.2) is 5.16 Å². The summed E-state index contributed by atoms with van der Waals surface area (Å²) in [5, 5.41) is 9.06. The molecule has 7 heteroatoms. The fourth-order valence-corrected chi connectivity index (χ4v) is 3.80. The first-order valence-corrected chi connectivity index (χ1v) is 10.2. The van der Waals surface area contributed by atoms with Crippen LogP contribution in [0.2, 0.25) is 0 Å². The fraction of sp³-hybridized carbons (Fsp3) is 0.286. The third-order valence-corrected chi connectivity index (χ3v) is 5.57. The molecule has 0 aliphatic carbocycles.